The minimum Gasteiger partial charge on any atom is -0.479 e. The molecule has 1 aromatic heterocycles. The van der Waals surface area contributed by atoms with Gasteiger partial charge in [0.05, 0.1) is 6.20 Å². The molecule has 0 aromatic carbocycles. The fourth-order valence-electron chi connectivity index (χ4n) is 1.85. The molecule has 102 valence electrons. The SMILES string of the molecule is C[C@H](Oc1cccnc1)C(=O)NCC1=CCNCC1. The van der Waals surface area contributed by atoms with Gasteiger partial charge in [-0.15, -0.1) is 0 Å². The van der Waals surface area contributed by atoms with Gasteiger partial charge in [-0.3, -0.25) is 9.78 Å². The summed E-state index contributed by atoms with van der Waals surface area (Å²) in [4.78, 5) is 15.8. The summed E-state index contributed by atoms with van der Waals surface area (Å²) in [6.45, 7) is 4.19. The van der Waals surface area contributed by atoms with E-state index in [1.54, 1.807) is 31.5 Å². The van der Waals surface area contributed by atoms with Gasteiger partial charge in [0.1, 0.15) is 5.75 Å². The summed E-state index contributed by atoms with van der Waals surface area (Å²) in [5, 5.41) is 6.13. The van der Waals surface area contributed by atoms with Gasteiger partial charge in [-0.25, -0.2) is 0 Å². The van der Waals surface area contributed by atoms with Crippen molar-refractivity contribution in [1.82, 2.24) is 15.6 Å². The maximum Gasteiger partial charge on any atom is 0.261 e. The molecule has 19 heavy (non-hydrogen) atoms. The van der Waals surface area contributed by atoms with Crippen LogP contribution in [0.5, 0.6) is 5.75 Å². The van der Waals surface area contributed by atoms with Crippen LogP contribution in [0.3, 0.4) is 0 Å². The van der Waals surface area contributed by atoms with Gasteiger partial charge in [0.15, 0.2) is 6.10 Å². The highest BCUT2D eigenvalue weighted by molar-refractivity contribution is 5.80. The number of nitrogens with zero attached hydrogens (tertiary/aromatic N) is 1. The maximum atomic E-state index is 11.9. The molecule has 0 saturated carbocycles. The van der Waals surface area contributed by atoms with E-state index >= 15 is 0 Å². The van der Waals surface area contributed by atoms with Crippen LogP contribution in [-0.4, -0.2) is 36.6 Å². The first-order valence-electron chi connectivity index (χ1n) is 6.49. The third-order valence-corrected chi connectivity index (χ3v) is 2.96. The van der Waals surface area contributed by atoms with Gasteiger partial charge in [0, 0.05) is 19.3 Å². The molecule has 5 nitrogen and oxygen atoms in total. The van der Waals surface area contributed by atoms with Crippen LogP contribution in [0.1, 0.15) is 13.3 Å². The van der Waals surface area contributed by atoms with Gasteiger partial charge >= 0.3 is 0 Å². The van der Waals surface area contributed by atoms with E-state index in [-0.39, 0.29) is 5.91 Å². The molecule has 2 rings (SSSR count). The highest BCUT2D eigenvalue weighted by Gasteiger charge is 2.15. The number of nitrogens with one attached hydrogen (secondary N) is 2. The summed E-state index contributed by atoms with van der Waals surface area (Å²) in [5.74, 6) is 0.495. The molecule has 5 heteroatoms. The van der Waals surface area contributed by atoms with Gasteiger partial charge in [0.2, 0.25) is 0 Å². The molecule has 0 saturated heterocycles. The molecule has 0 radical (unpaired) electrons. The molecule has 0 fully saturated rings. The Balaban J connectivity index is 1.77. The molecule has 0 unspecified atom stereocenters. The monoisotopic (exact) mass is 261 g/mol. The Bertz CT molecular complexity index is 445. The van der Waals surface area contributed by atoms with E-state index in [2.05, 4.69) is 21.7 Å². The van der Waals surface area contributed by atoms with Crippen LogP contribution < -0.4 is 15.4 Å². The number of hydrogen-bond acceptors (Lipinski definition) is 4. The van der Waals surface area contributed by atoms with Crippen molar-refractivity contribution in [3.63, 3.8) is 0 Å². The average molecular weight is 261 g/mol. The zero-order valence-electron chi connectivity index (χ0n) is 11.1. The van der Waals surface area contributed by atoms with Crippen molar-refractivity contribution in [1.29, 1.82) is 0 Å². The summed E-state index contributed by atoms with van der Waals surface area (Å²) in [7, 11) is 0. The number of carbonyl (C=O) groups is 1. The maximum absolute atomic E-state index is 11.9. The van der Waals surface area contributed by atoms with Crippen LogP contribution in [0.15, 0.2) is 36.2 Å². The van der Waals surface area contributed by atoms with Crippen LogP contribution in [0, 0.1) is 0 Å². The highest BCUT2D eigenvalue weighted by atomic mass is 16.5. The average Bonchev–Trinajstić information content (AvgIpc) is 2.47. The van der Waals surface area contributed by atoms with E-state index in [0.717, 1.165) is 19.5 Å². The van der Waals surface area contributed by atoms with Crippen molar-refractivity contribution in [2.45, 2.75) is 19.4 Å². The third kappa shape index (κ3) is 4.37. The van der Waals surface area contributed by atoms with Crippen LogP contribution in [0.4, 0.5) is 0 Å². The lowest BCUT2D eigenvalue weighted by Crippen LogP contribution is -2.38. The number of amides is 1. The quantitative estimate of drug-likeness (QED) is 0.773. The molecule has 0 bridgehead atoms. The zero-order valence-corrected chi connectivity index (χ0v) is 11.1. The van der Waals surface area contributed by atoms with Gasteiger partial charge in [-0.05, 0) is 32.0 Å². The Labute approximate surface area is 113 Å². The first-order valence-corrected chi connectivity index (χ1v) is 6.49. The molecule has 2 heterocycles. The van der Waals surface area contributed by atoms with E-state index < -0.39 is 6.10 Å². The minimum absolute atomic E-state index is 0.108. The van der Waals surface area contributed by atoms with Crippen molar-refractivity contribution in [2.24, 2.45) is 0 Å². The molecular formula is C14H19N3O2. The number of hydrogen-bond donors (Lipinski definition) is 2. The van der Waals surface area contributed by atoms with Gasteiger partial charge < -0.3 is 15.4 Å². The number of ether oxygens (including phenoxy) is 1. The summed E-state index contributed by atoms with van der Waals surface area (Å²) in [6, 6.07) is 3.56. The second-order valence-electron chi connectivity index (χ2n) is 4.48. The van der Waals surface area contributed by atoms with Gasteiger partial charge in [-0.2, -0.15) is 0 Å². The molecule has 0 spiro atoms. The smallest absolute Gasteiger partial charge is 0.261 e. The van der Waals surface area contributed by atoms with Crippen LogP contribution in [0.25, 0.3) is 0 Å². The van der Waals surface area contributed by atoms with E-state index in [9.17, 15) is 4.79 Å². The highest BCUT2D eigenvalue weighted by Crippen LogP contribution is 2.09. The molecule has 1 aliphatic rings. The molecule has 1 amide bonds. The Morgan fingerprint density at radius 3 is 3.21 bits per heavy atom. The lowest BCUT2D eigenvalue weighted by atomic mass is 10.1. The summed E-state index contributed by atoms with van der Waals surface area (Å²) >= 11 is 0. The van der Waals surface area contributed by atoms with E-state index in [0.29, 0.717) is 12.3 Å². The first-order chi connectivity index (χ1) is 9.25. The zero-order chi connectivity index (χ0) is 13.5. The molecular weight excluding hydrogens is 242 g/mol. The lowest BCUT2D eigenvalue weighted by Gasteiger charge is -2.17. The van der Waals surface area contributed by atoms with E-state index in [4.69, 9.17) is 4.74 Å². The van der Waals surface area contributed by atoms with Gasteiger partial charge in [-0.1, -0.05) is 11.6 Å². The Hall–Kier alpha value is -1.88. The van der Waals surface area contributed by atoms with E-state index in [1.165, 1.54) is 5.57 Å². The summed E-state index contributed by atoms with van der Waals surface area (Å²) in [6.07, 6.45) is 5.85. The predicted molar refractivity (Wildman–Crippen MR) is 72.9 cm³/mol. The second-order valence-corrected chi connectivity index (χ2v) is 4.48. The van der Waals surface area contributed by atoms with Crippen LogP contribution >= 0.6 is 0 Å². The third-order valence-electron chi connectivity index (χ3n) is 2.96. The van der Waals surface area contributed by atoms with Crippen molar-refractivity contribution in [2.75, 3.05) is 19.6 Å². The van der Waals surface area contributed by atoms with Crippen molar-refractivity contribution in [3.05, 3.63) is 36.2 Å². The Morgan fingerprint density at radius 2 is 2.53 bits per heavy atom. The predicted octanol–water partition coefficient (Wildman–Crippen LogP) is 0.885. The standard InChI is InChI=1S/C14H19N3O2/c1-11(19-13-3-2-6-16-10-13)14(18)17-9-12-4-7-15-8-5-12/h2-4,6,10-11,15H,5,7-9H2,1H3,(H,17,18)/t11-/m0/s1. The Morgan fingerprint density at radius 1 is 1.63 bits per heavy atom. The van der Waals surface area contributed by atoms with Crippen LogP contribution in [0.2, 0.25) is 0 Å². The minimum atomic E-state index is -0.522. The fraction of sp³-hybridized carbons (Fsp3) is 0.429. The molecule has 1 aromatic rings. The van der Waals surface area contributed by atoms with Crippen molar-refractivity contribution < 1.29 is 9.53 Å². The van der Waals surface area contributed by atoms with E-state index in [1.807, 2.05) is 0 Å². The second kappa shape index (κ2) is 6.89. The van der Waals surface area contributed by atoms with Crippen LogP contribution in [-0.2, 0) is 4.79 Å². The topological polar surface area (TPSA) is 63.2 Å². The number of carbonyl (C=O) groups excluding carboxylic acids is 1. The molecule has 0 aliphatic carbocycles. The normalized spacial score (nSPS) is 16.4. The summed E-state index contributed by atoms with van der Waals surface area (Å²) in [5.41, 5.74) is 1.26. The Kier molecular flexibility index (Phi) is 4.92. The van der Waals surface area contributed by atoms with Gasteiger partial charge in [0.25, 0.3) is 5.91 Å². The lowest BCUT2D eigenvalue weighted by molar-refractivity contribution is -0.127. The molecule has 1 aliphatic heterocycles. The molecule has 1 atom stereocenters. The number of rotatable bonds is 5. The molecule has 2 N–H and O–H groups in total. The van der Waals surface area contributed by atoms with Crippen molar-refractivity contribution >= 4 is 5.91 Å². The summed E-state index contributed by atoms with van der Waals surface area (Å²) < 4.78 is 5.51. The largest absolute Gasteiger partial charge is 0.479 e. The number of pyridine rings is 1. The first kappa shape index (κ1) is 13.5. The number of aromatic nitrogens is 1. The fourth-order valence-corrected chi connectivity index (χ4v) is 1.85. The van der Waals surface area contributed by atoms with Crippen molar-refractivity contribution in [3.8, 4) is 5.75 Å².